The van der Waals surface area contributed by atoms with E-state index < -0.39 is 0 Å². The van der Waals surface area contributed by atoms with Gasteiger partial charge in [0.05, 0.1) is 5.56 Å². The lowest BCUT2D eigenvalue weighted by Crippen LogP contribution is -2.26. The number of anilines is 1. The second kappa shape index (κ2) is 5.95. The lowest BCUT2D eigenvalue weighted by Gasteiger charge is -2.06. The van der Waals surface area contributed by atoms with Crippen molar-refractivity contribution in [1.29, 1.82) is 0 Å². The van der Waals surface area contributed by atoms with Crippen LogP contribution < -0.4 is 11.1 Å². The summed E-state index contributed by atoms with van der Waals surface area (Å²) in [4.78, 5) is 15.6. The van der Waals surface area contributed by atoms with E-state index in [0.717, 1.165) is 0 Å². The van der Waals surface area contributed by atoms with Gasteiger partial charge in [-0.25, -0.2) is 9.37 Å². The minimum atomic E-state index is -0.258. The molecule has 0 aliphatic rings. The van der Waals surface area contributed by atoms with Crippen LogP contribution in [0.25, 0.3) is 0 Å². The number of benzene rings is 1. The Balaban J connectivity index is 1.88. The number of rotatable bonds is 4. The van der Waals surface area contributed by atoms with Crippen LogP contribution >= 0.6 is 0 Å². The monoisotopic (exact) mass is 259 g/mol. The highest BCUT2D eigenvalue weighted by atomic mass is 19.1. The molecule has 0 fully saturated rings. The van der Waals surface area contributed by atoms with Gasteiger partial charge in [0.1, 0.15) is 11.6 Å². The molecule has 3 N–H and O–H groups in total. The van der Waals surface area contributed by atoms with Crippen LogP contribution in [0.15, 0.2) is 42.6 Å². The first-order valence-electron chi connectivity index (χ1n) is 5.90. The van der Waals surface area contributed by atoms with Crippen LogP contribution in [0.3, 0.4) is 0 Å². The maximum Gasteiger partial charge on any atom is 0.252 e. The Kier molecular flexibility index (Phi) is 4.07. The molecule has 1 aromatic heterocycles. The number of hydrogen-bond acceptors (Lipinski definition) is 3. The van der Waals surface area contributed by atoms with Gasteiger partial charge in [-0.3, -0.25) is 4.79 Å². The van der Waals surface area contributed by atoms with Gasteiger partial charge in [0.2, 0.25) is 0 Å². The molecular formula is C14H14FN3O. The normalized spacial score (nSPS) is 10.2. The highest BCUT2D eigenvalue weighted by Crippen LogP contribution is 2.06. The van der Waals surface area contributed by atoms with Crippen molar-refractivity contribution in [1.82, 2.24) is 10.3 Å². The number of pyridine rings is 1. The predicted molar refractivity (Wildman–Crippen MR) is 71.1 cm³/mol. The zero-order chi connectivity index (χ0) is 13.7. The standard InChI is InChI=1S/C14H14FN3O/c15-12-4-2-1-3-10(12)7-8-17-14(19)11-5-6-13(16)18-9-11/h1-6,9H,7-8H2,(H2,16,18)(H,17,19). The van der Waals surface area contributed by atoms with Crippen LogP contribution in [-0.2, 0) is 6.42 Å². The molecule has 98 valence electrons. The Morgan fingerprint density at radius 2 is 2.05 bits per heavy atom. The van der Waals surface area contributed by atoms with Gasteiger partial charge in [0, 0.05) is 12.7 Å². The molecule has 19 heavy (non-hydrogen) atoms. The quantitative estimate of drug-likeness (QED) is 0.879. The van der Waals surface area contributed by atoms with Crippen molar-refractivity contribution in [2.45, 2.75) is 6.42 Å². The number of hydrogen-bond donors (Lipinski definition) is 2. The van der Waals surface area contributed by atoms with Crippen molar-refractivity contribution in [3.63, 3.8) is 0 Å². The Bertz CT molecular complexity index is 569. The predicted octanol–water partition coefficient (Wildman–Crippen LogP) is 1.78. The van der Waals surface area contributed by atoms with Gasteiger partial charge in [-0.05, 0) is 30.2 Å². The summed E-state index contributed by atoms with van der Waals surface area (Å²) in [5, 5.41) is 2.71. The van der Waals surface area contributed by atoms with Gasteiger partial charge < -0.3 is 11.1 Å². The summed E-state index contributed by atoms with van der Waals surface area (Å²) in [6.45, 7) is 0.365. The summed E-state index contributed by atoms with van der Waals surface area (Å²) in [5.74, 6) is -0.141. The Hall–Kier alpha value is -2.43. The molecule has 0 bridgehead atoms. The molecule has 0 unspecified atom stereocenters. The average Bonchev–Trinajstić information content (AvgIpc) is 2.41. The van der Waals surface area contributed by atoms with Crippen LogP contribution in [0.2, 0.25) is 0 Å². The van der Waals surface area contributed by atoms with Crippen LogP contribution in [-0.4, -0.2) is 17.4 Å². The molecule has 1 amide bonds. The van der Waals surface area contributed by atoms with Crippen molar-refractivity contribution < 1.29 is 9.18 Å². The van der Waals surface area contributed by atoms with Gasteiger partial charge in [-0.2, -0.15) is 0 Å². The second-order valence-corrected chi connectivity index (χ2v) is 4.07. The lowest BCUT2D eigenvalue weighted by atomic mass is 10.1. The Labute approximate surface area is 110 Å². The number of nitrogens with two attached hydrogens (primary N) is 1. The van der Waals surface area contributed by atoms with Crippen LogP contribution in [0.1, 0.15) is 15.9 Å². The molecule has 0 atom stereocenters. The van der Waals surface area contributed by atoms with E-state index in [1.54, 1.807) is 30.3 Å². The molecule has 0 aliphatic carbocycles. The number of carbonyl (C=O) groups excluding carboxylic acids is 1. The lowest BCUT2D eigenvalue weighted by molar-refractivity contribution is 0.0953. The molecule has 0 saturated heterocycles. The van der Waals surface area contributed by atoms with E-state index >= 15 is 0 Å². The Morgan fingerprint density at radius 3 is 2.74 bits per heavy atom. The topological polar surface area (TPSA) is 68.0 Å². The van der Waals surface area contributed by atoms with Gasteiger partial charge in [-0.15, -0.1) is 0 Å². The fraction of sp³-hybridized carbons (Fsp3) is 0.143. The fourth-order valence-electron chi connectivity index (χ4n) is 1.65. The fourth-order valence-corrected chi connectivity index (χ4v) is 1.65. The number of nitrogens with zero attached hydrogens (tertiary/aromatic N) is 1. The maximum absolute atomic E-state index is 13.3. The number of nitrogen functional groups attached to an aromatic ring is 1. The van der Waals surface area contributed by atoms with Crippen molar-refractivity contribution in [3.05, 3.63) is 59.5 Å². The molecule has 1 heterocycles. The number of nitrogens with one attached hydrogen (secondary N) is 1. The molecule has 0 radical (unpaired) electrons. The minimum absolute atomic E-state index is 0.246. The smallest absolute Gasteiger partial charge is 0.252 e. The van der Waals surface area contributed by atoms with Gasteiger partial charge in [0.15, 0.2) is 0 Å². The number of halogens is 1. The molecule has 4 nitrogen and oxygen atoms in total. The maximum atomic E-state index is 13.3. The summed E-state index contributed by atoms with van der Waals surface area (Å²) in [5.41, 5.74) is 6.45. The van der Waals surface area contributed by atoms with Crippen LogP contribution in [0, 0.1) is 5.82 Å². The third kappa shape index (κ3) is 3.51. The zero-order valence-corrected chi connectivity index (χ0v) is 10.3. The molecule has 1 aromatic carbocycles. The minimum Gasteiger partial charge on any atom is -0.384 e. The number of amides is 1. The van der Waals surface area contributed by atoms with Crippen molar-refractivity contribution in [2.24, 2.45) is 0 Å². The average molecular weight is 259 g/mol. The SMILES string of the molecule is Nc1ccc(C(=O)NCCc2ccccc2F)cn1. The summed E-state index contributed by atoms with van der Waals surface area (Å²) in [7, 11) is 0. The van der Waals surface area contributed by atoms with Gasteiger partial charge >= 0.3 is 0 Å². The third-order valence-corrected chi connectivity index (χ3v) is 2.69. The van der Waals surface area contributed by atoms with E-state index in [-0.39, 0.29) is 11.7 Å². The molecule has 0 saturated carbocycles. The third-order valence-electron chi connectivity index (χ3n) is 2.69. The molecule has 0 aliphatic heterocycles. The van der Waals surface area contributed by atoms with Crippen molar-refractivity contribution in [2.75, 3.05) is 12.3 Å². The van der Waals surface area contributed by atoms with E-state index in [1.807, 2.05) is 0 Å². The van der Waals surface area contributed by atoms with E-state index in [4.69, 9.17) is 5.73 Å². The first-order chi connectivity index (χ1) is 9.16. The van der Waals surface area contributed by atoms with Gasteiger partial charge in [-0.1, -0.05) is 18.2 Å². The van der Waals surface area contributed by atoms with E-state index in [9.17, 15) is 9.18 Å². The molecule has 2 aromatic rings. The summed E-state index contributed by atoms with van der Waals surface area (Å²) in [6, 6.07) is 9.67. The highest BCUT2D eigenvalue weighted by Gasteiger charge is 2.06. The largest absolute Gasteiger partial charge is 0.384 e. The second-order valence-electron chi connectivity index (χ2n) is 4.07. The van der Waals surface area contributed by atoms with E-state index in [2.05, 4.69) is 10.3 Å². The van der Waals surface area contributed by atoms with Crippen molar-refractivity contribution >= 4 is 11.7 Å². The Morgan fingerprint density at radius 1 is 1.26 bits per heavy atom. The molecule has 5 heteroatoms. The van der Waals surface area contributed by atoms with Crippen molar-refractivity contribution in [3.8, 4) is 0 Å². The number of aromatic nitrogens is 1. The van der Waals surface area contributed by atoms with Crippen LogP contribution in [0.5, 0.6) is 0 Å². The zero-order valence-electron chi connectivity index (χ0n) is 10.3. The number of carbonyl (C=O) groups is 1. The first kappa shape index (κ1) is 13.0. The summed E-state index contributed by atoms with van der Waals surface area (Å²) < 4.78 is 13.3. The summed E-state index contributed by atoms with van der Waals surface area (Å²) in [6.07, 6.45) is 1.86. The molecule has 0 spiro atoms. The van der Waals surface area contributed by atoms with E-state index in [0.29, 0.717) is 29.9 Å². The molecular weight excluding hydrogens is 245 g/mol. The summed E-state index contributed by atoms with van der Waals surface area (Å²) >= 11 is 0. The van der Waals surface area contributed by atoms with E-state index in [1.165, 1.54) is 12.3 Å². The van der Waals surface area contributed by atoms with Crippen LogP contribution in [0.4, 0.5) is 10.2 Å². The molecule has 2 rings (SSSR count). The highest BCUT2D eigenvalue weighted by molar-refractivity contribution is 5.93. The first-order valence-corrected chi connectivity index (χ1v) is 5.90. The van der Waals surface area contributed by atoms with Gasteiger partial charge in [0.25, 0.3) is 5.91 Å².